The summed E-state index contributed by atoms with van der Waals surface area (Å²) in [5.74, 6) is 0.291. The van der Waals surface area contributed by atoms with Gasteiger partial charge in [0.2, 0.25) is 0 Å². The standard InChI is InChI=1S/C16H15Cl2NO3/c1-21-16(20)14-10-12(18)4-7-15(14)19-8-9-22-13-5-2-11(17)3-6-13/h2-7,10,19H,8-9H2,1H3. The van der Waals surface area contributed by atoms with Crippen molar-refractivity contribution in [2.24, 2.45) is 0 Å². The van der Waals surface area contributed by atoms with Crippen LogP contribution in [0.15, 0.2) is 42.5 Å². The van der Waals surface area contributed by atoms with Crippen LogP contribution in [0.2, 0.25) is 10.0 Å². The summed E-state index contributed by atoms with van der Waals surface area (Å²) < 4.78 is 10.3. The lowest BCUT2D eigenvalue weighted by Gasteiger charge is -2.12. The molecule has 0 aliphatic heterocycles. The van der Waals surface area contributed by atoms with Gasteiger partial charge >= 0.3 is 5.97 Å². The smallest absolute Gasteiger partial charge is 0.340 e. The summed E-state index contributed by atoms with van der Waals surface area (Å²) in [5.41, 5.74) is 1.04. The molecule has 0 saturated heterocycles. The molecule has 0 heterocycles. The normalized spacial score (nSPS) is 10.1. The molecule has 0 radical (unpaired) electrons. The van der Waals surface area contributed by atoms with Crippen molar-refractivity contribution in [3.05, 3.63) is 58.1 Å². The van der Waals surface area contributed by atoms with Gasteiger partial charge in [0.15, 0.2) is 0 Å². The number of ether oxygens (including phenoxy) is 2. The molecule has 2 aromatic rings. The van der Waals surface area contributed by atoms with E-state index in [9.17, 15) is 4.79 Å². The van der Waals surface area contributed by atoms with Crippen LogP contribution in [0.1, 0.15) is 10.4 Å². The van der Waals surface area contributed by atoms with Gasteiger partial charge in [0, 0.05) is 22.3 Å². The van der Waals surface area contributed by atoms with Gasteiger partial charge in [0.25, 0.3) is 0 Å². The van der Waals surface area contributed by atoms with Gasteiger partial charge in [-0.1, -0.05) is 23.2 Å². The zero-order chi connectivity index (χ0) is 15.9. The first-order valence-corrected chi connectivity index (χ1v) is 7.36. The molecule has 6 heteroatoms. The number of halogens is 2. The van der Waals surface area contributed by atoms with Crippen molar-refractivity contribution >= 4 is 34.9 Å². The zero-order valence-corrected chi connectivity index (χ0v) is 13.4. The topological polar surface area (TPSA) is 47.6 Å². The van der Waals surface area contributed by atoms with Crippen molar-refractivity contribution in [3.8, 4) is 5.75 Å². The first-order chi connectivity index (χ1) is 10.6. The predicted molar refractivity (Wildman–Crippen MR) is 88.2 cm³/mol. The molecule has 4 nitrogen and oxygen atoms in total. The Morgan fingerprint density at radius 2 is 1.77 bits per heavy atom. The summed E-state index contributed by atoms with van der Waals surface area (Å²) >= 11 is 11.7. The average molecular weight is 340 g/mol. The van der Waals surface area contributed by atoms with Crippen molar-refractivity contribution in [3.63, 3.8) is 0 Å². The first kappa shape index (κ1) is 16.5. The van der Waals surface area contributed by atoms with Crippen LogP contribution in [-0.2, 0) is 4.74 Å². The molecule has 1 N–H and O–H groups in total. The first-order valence-electron chi connectivity index (χ1n) is 6.60. The molecule has 0 unspecified atom stereocenters. The quantitative estimate of drug-likeness (QED) is 0.630. The second-order valence-corrected chi connectivity index (χ2v) is 5.28. The molecular formula is C16H15Cl2NO3. The number of benzene rings is 2. The molecule has 0 fully saturated rings. The van der Waals surface area contributed by atoms with E-state index >= 15 is 0 Å². The molecule has 22 heavy (non-hydrogen) atoms. The summed E-state index contributed by atoms with van der Waals surface area (Å²) in [6.07, 6.45) is 0. The van der Waals surface area contributed by atoms with Crippen LogP contribution in [0.4, 0.5) is 5.69 Å². The van der Waals surface area contributed by atoms with E-state index in [0.29, 0.717) is 34.4 Å². The van der Waals surface area contributed by atoms with E-state index in [1.165, 1.54) is 7.11 Å². The summed E-state index contributed by atoms with van der Waals surface area (Å²) in [7, 11) is 1.33. The number of hydrogen-bond acceptors (Lipinski definition) is 4. The number of hydrogen-bond donors (Lipinski definition) is 1. The van der Waals surface area contributed by atoms with E-state index in [2.05, 4.69) is 5.32 Å². The summed E-state index contributed by atoms with van der Waals surface area (Å²) in [6.45, 7) is 0.957. The Bertz CT molecular complexity index is 644. The van der Waals surface area contributed by atoms with E-state index in [1.54, 1.807) is 42.5 Å². The van der Waals surface area contributed by atoms with Crippen LogP contribution in [0.5, 0.6) is 5.75 Å². The Labute approximate surface area is 138 Å². The highest BCUT2D eigenvalue weighted by atomic mass is 35.5. The summed E-state index contributed by atoms with van der Waals surface area (Å²) in [4.78, 5) is 11.7. The third-order valence-electron chi connectivity index (χ3n) is 2.89. The van der Waals surface area contributed by atoms with Crippen LogP contribution < -0.4 is 10.1 Å². The predicted octanol–water partition coefficient (Wildman–Crippen LogP) is 4.27. The number of methoxy groups -OCH3 is 1. The van der Waals surface area contributed by atoms with Gasteiger partial charge in [0.05, 0.1) is 12.7 Å². The maximum absolute atomic E-state index is 11.7. The van der Waals surface area contributed by atoms with E-state index in [0.717, 1.165) is 5.75 Å². The lowest BCUT2D eigenvalue weighted by molar-refractivity contribution is 0.0602. The molecule has 0 atom stereocenters. The lowest BCUT2D eigenvalue weighted by Crippen LogP contribution is -2.14. The third-order valence-corrected chi connectivity index (χ3v) is 3.37. The zero-order valence-electron chi connectivity index (χ0n) is 11.9. The number of rotatable bonds is 6. The Balaban J connectivity index is 1.91. The fourth-order valence-corrected chi connectivity index (χ4v) is 2.13. The molecule has 0 aliphatic carbocycles. The molecule has 0 bridgehead atoms. The molecule has 0 aromatic heterocycles. The lowest BCUT2D eigenvalue weighted by atomic mass is 10.2. The highest BCUT2D eigenvalue weighted by Crippen LogP contribution is 2.21. The fourth-order valence-electron chi connectivity index (χ4n) is 1.83. The second-order valence-electron chi connectivity index (χ2n) is 4.41. The average Bonchev–Trinajstić information content (AvgIpc) is 2.53. The van der Waals surface area contributed by atoms with Gasteiger partial charge in [-0.3, -0.25) is 0 Å². The third kappa shape index (κ3) is 4.55. The van der Waals surface area contributed by atoms with Gasteiger partial charge in [-0.25, -0.2) is 4.79 Å². The number of nitrogens with one attached hydrogen (secondary N) is 1. The second kappa shape index (κ2) is 7.92. The minimum atomic E-state index is -0.441. The van der Waals surface area contributed by atoms with Gasteiger partial charge in [-0.15, -0.1) is 0 Å². The Morgan fingerprint density at radius 3 is 2.45 bits per heavy atom. The Hall–Kier alpha value is -1.91. The molecule has 2 rings (SSSR count). The van der Waals surface area contributed by atoms with Crippen LogP contribution in [0, 0.1) is 0 Å². The molecule has 0 saturated carbocycles. The van der Waals surface area contributed by atoms with Crippen LogP contribution in [-0.4, -0.2) is 26.2 Å². The Kier molecular flexibility index (Phi) is 5.92. The maximum atomic E-state index is 11.7. The van der Waals surface area contributed by atoms with Gasteiger partial charge in [-0.05, 0) is 42.5 Å². The maximum Gasteiger partial charge on any atom is 0.340 e. The fraction of sp³-hybridized carbons (Fsp3) is 0.188. The number of esters is 1. The van der Waals surface area contributed by atoms with E-state index < -0.39 is 5.97 Å². The summed E-state index contributed by atoms with van der Waals surface area (Å²) in [6, 6.07) is 12.1. The van der Waals surface area contributed by atoms with Crippen LogP contribution in [0.25, 0.3) is 0 Å². The molecule has 0 spiro atoms. The minimum Gasteiger partial charge on any atom is -0.492 e. The van der Waals surface area contributed by atoms with Crippen molar-refractivity contribution in [1.29, 1.82) is 0 Å². The molecule has 2 aromatic carbocycles. The van der Waals surface area contributed by atoms with Crippen LogP contribution >= 0.6 is 23.2 Å². The van der Waals surface area contributed by atoms with E-state index in [4.69, 9.17) is 32.7 Å². The van der Waals surface area contributed by atoms with Crippen molar-refractivity contribution in [1.82, 2.24) is 0 Å². The van der Waals surface area contributed by atoms with Crippen molar-refractivity contribution in [2.75, 3.05) is 25.6 Å². The van der Waals surface area contributed by atoms with Gasteiger partial charge < -0.3 is 14.8 Å². The highest BCUT2D eigenvalue weighted by molar-refractivity contribution is 6.31. The van der Waals surface area contributed by atoms with E-state index in [1.807, 2.05) is 0 Å². The monoisotopic (exact) mass is 339 g/mol. The largest absolute Gasteiger partial charge is 0.492 e. The van der Waals surface area contributed by atoms with Gasteiger partial charge in [0.1, 0.15) is 12.4 Å². The van der Waals surface area contributed by atoms with E-state index in [-0.39, 0.29) is 0 Å². The molecule has 0 amide bonds. The molecule has 116 valence electrons. The Morgan fingerprint density at radius 1 is 1.09 bits per heavy atom. The van der Waals surface area contributed by atoms with Crippen LogP contribution in [0.3, 0.4) is 0 Å². The molecular weight excluding hydrogens is 325 g/mol. The van der Waals surface area contributed by atoms with Crippen molar-refractivity contribution < 1.29 is 14.3 Å². The van der Waals surface area contributed by atoms with Crippen molar-refractivity contribution in [2.45, 2.75) is 0 Å². The minimum absolute atomic E-state index is 0.390. The van der Waals surface area contributed by atoms with Gasteiger partial charge in [-0.2, -0.15) is 0 Å². The number of anilines is 1. The summed E-state index contributed by atoms with van der Waals surface area (Å²) in [5, 5.41) is 4.26. The number of carbonyl (C=O) groups is 1. The molecule has 0 aliphatic rings. The highest BCUT2D eigenvalue weighted by Gasteiger charge is 2.12. The SMILES string of the molecule is COC(=O)c1cc(Cl)ccc1NCCOc1ccc(Cl)cc1. The number of carbonyl (C=O) groups excluding carboxylic acids is 1.